The van der Waals surface area contributed by atoms with E-state index in [4.69, 9.17) is 11.6 Å². The first kappa shape index (κ1) is 18.3. The molecule has 2 rings (SSSR count). The number of amides is 2. The van der Waals surface area contributed by atoms with Gasteiger partial charge in [0, 0.05) is 29.7 Å². The molecule has 24 heavy (non-hydrogen) atoms. The number of benzene rings is 1. The van der Waals surface area contributed by atoms with Crippen molar-refractivity contribution in [3.05, 3.63) is 35.0 Å². The maximum absolute atomic E-state index is 12.1. The Balaban J connectivity index is 1.90. The largest absolute Gasteiger partial charge is 0.381 e. The molecule has 1 unspecified atom stereocenters. The highest BCUT2D eigenvalue weighted by atomic mass is 35.5. The number of carbonyl (C=O) groups excluding carboxylic acids is 2. The zero-order valence-electron chi connectivity index (χ0n) is 13.9. The third-order valence-electron chi connectivity index (χ3n) is 3.63. The van der Waals surface area contributed by atoms with Crippen molar-refractivity contribution in [3.8, 4) is 0 Å². The van der Waals surface area contributed by atoms with Crippen LogP contribution >= 0.6 is 11.6 Å². The zero-order valence-corrected chi connectivity index (χ0v) is 14.7. The summed E-state index contributed by atoms with van der Waals surface area (Å²) in [5.74, 6) is -0.646. The van der Waals surface area contributed by atoms with Crippen LogP contribution in [0.4, 0.5) is 0 Å². The summed E-state index contributed by atoms with van der Waals surface area (Å²) in [7, 11) is 0. The van der Waals surface area contributed by atoms with Gasteiger partial charge in [-0.05, 0) is 38.5 Å². The molecule has 0 radical (unpaired) electrons. The quantitative estimate of drug-likeness (QED) is 0.638. The number of aromatic amines is 1. The molecule has 2 aromatic rings. The van der Waals surface area contributed by atoms with Crippen molar-refractivity contribution in [2.45, 2.75) is 38.8 Å². The summed E-state index contributed by atoms with van der Waals surface area (Å²) in [4.78, 5) is 26.9. The van der Waals surface area contributed by atoms with Gasteiger partial charge in [-0.3, -0.25) is 9.59 Å². The van der Waals surface area contributed by atoms with Crippen LogP contribution in [-0.4, -0.2) is 40.1 Å². The van der Waals surface area contributed by atoms with Crippen LogP contribution in [0.25, 0.3) is 10.9 Å². The fourth-order valence-electron chi connectivity index (χ4n) is 2.30. The molecule has 7 heteroatoms. The molecule has 4 N–H and O–H groups in total. The molecule has 0 aliphatic rings. The van der Waals surface area contributed by atoms with Crippen molar-refractivity contribution in [2.75, 3.05) is 6.54 Å². The molecule has 1 aromatic carbocycles. The van der Waals surface area contributed by atoms with E-state index in [1.54, 1.807) is 19.2 Å². The first-order valence-electron chi connectivity index (χ1n) is 7.73. The Labute approximate surface area is 145 Å². The number of fused-ring (bicyclic) bond motifs is 1. The summed E-state index contributed by atoms with van der Waals surface area (Å²) in [5, 5.41) is 16.5. The summed E-state index contributed by atoms with van der Waals surface area (Å²) in [6.07, 6.45) is 1.96. The fourth-order valence-corrected chi connectivity index (χ4v) is 2.60. The minimum Gasteiger partial charge on any atom is -0.381 e. The van der Waals surface area contributed by atoms with Crippen LogP contribution in [0.2, 0.25) is 5.02 Å². The van der Waals surface area contributed by atoms with Crippen LogP contribution in [0.15, 0.2) is 24.4 Å². The second kappa shape index (κ2) is 7.23. The third-order valence-corrected chi connectivity index (χ3v) is 3.94. The first-order chi connectivity index (χ1) is 11.2. The molecule has 6 nitrogen and oxygen atoms in total. The molecule has 1 atom stereocenters. The van der Waals surface area contributed by atoms with Gasteiger partial charge in [-0.1, -0.05) is 17.7 Å². The second-order valence-electron chi connectivity index (χ2n) is 6.39. The van der Waals surface area contributed by atoms with Crippen molar-refractivity contribution in [1.82, 2.24) is 15.6 Å². The van der Waals surface area contributed by atoms with Gasteiger partial charge < -0.3 is 20.7 Å². The first-order valence-corrected chi connectivity index (χ1v) is 8.11. The van der Waals surface area contributed by atoms with Crippen LogP contribution in [-0.2, 0) is 16.0 Å². The molecule has 2 amide bonds. The number of hydrogen-bond donors (Lipinski definition) is 4. The lowest BCUT2D eigenvalue weighted by molar-refractivity contribution is -0.137. The number of aliphatic hydroxyl groups is 1. The lowest BCUT2D eigenvalue weighted by atomic mass is 10.1. The minimum absolute atomic E-state index is 0.167. The van der Waals surface area contributed by atoms with Crippen LogP contribution < -0.4 is 10.6 Å². The van der Waals surface area contributed by atoms with Gasteiger partial charge in [0.15, 0.2) is 0 Å². The van der Waals surface area contributed by atoms with E-state index in [1.165, 1.54) is 13.8 Å². The van der Waals surface area contributed by atoms with Gasteiger partial charge in [0.05, 0.1) is 11.4 Å². The van der Waals surface area contributed by atoms with Crippen LogP contribution in [0, 0.1) is 0 Å². The normalized spacial score (nSPS) is 12.9. The van der Waals surface area contributed by atoms with Crippen LogP contribution in [0.3, 0.4) is 0 Å². The molecular weight excluding hydrogens is 330 g/mol. The third kappa shape index (κ3) is 4.49. The van der Waals surface area contributed by atoms with Crippen LogP contribution in [0.1, 0.15) is 26.3 Å². The second-order valence-corrected chi connectivity index (χ2v) is 6.80. The average molecular weight is 352 g/mol. The fraction of sp³-hybridized carbons (Fsp3) is 0.412. The lowest BCUT2D eigenvalue weighted by Gasteiger charge is -2.21. The van der Waals surface area contributed by atoms with Gasteiger partial charge in [-0.2, -0.15) is 0 Å². The molecule has 130 valence electrons. The van der Waals surface area contributed by atoms with Crippen molar-refractivity contribution < 1.29 is 14.7 Å². The maximum Gasteiger partial charge on any atom is 0.251 e. The van der Waals surface area contributed by atoms with Gasteiger partial charge in [0.25, 0.3) is 5.91 Å². The summed E-state index contributed by atoms with van der Waals surface area (Å²) < 4.78 is 0. The molecule has 0 spiro atoms. The van der Waals surface area contributed by atoms with E-state index in [-0.39, 0.29) is 24.9 Å². The summed E-state index contributed by atoms with van der Waals surface area (Å²) >= 11 is 6.19. The predicted molar refractivity (Wildman–Crippen MR) is 93.9 cm³/mol. The van der Waals surface area contributed by atoms with Crippen molar-refractivity contribution in [2.24, 2.45) is 0 Å². The standard InChI is InChI=1S/C17H22ClN3O3/c1-10(21-16(23)17(2,3)24)8-20-14(22)7-11-9-19-13-6-4-5-12(18)15(11)13/h4-6,9-10,19,24H,7-8H2,1-3H3,(H,20,22)(H,21,23). The molecule has 0 saturated carbocycles. The van der Waals surface area contributed by atoms with E-state index in [2.05, 4.69) is 15.6 Å². The minimum atomic E-state index is -1.45. The summed E-state index contributed by atoms with van der Waals surface area (Å²) in [6.45, 7) is 4.85. The highest BCUT2D eigenvalue weighted by Gasteiger charge is 2.24. The molecule has 0 bridgehead atoms. The Morgan fingerprint density at radius 2 is 2.08 bits per heavy atom. The smallest absolute Gasteiger partial charge is 0.251 e. The Morgan fingerprint density at radius 3 is 2.75 bits per heavy atom. The summed E-state index contributed by atoms with van der Waals surface area (Å²) in [5.41, 5.74) is 0.261. The topological polar surface area (TPSA) is 94.2 Å². The number of hydrogen-bond acceptors (Lipinski definition) is 3. The molecule has 0 fully saturated rings. The Hall–Kier alpha value is -2.05. The number of nitrogens with one attached hydrogen (secondary N) is 3. The number of carbonyl (C=O) groups is 2. The van der Waals surface area contributed by atoms with E-state index in [0.29, 0.717) is 5.02 Å². The number of aromatic nitrogens is 1. The SMILES string of the molecule is CC(CNC(=O)Cc1c[nH]c2cccc(Cl)c12)NC(=O)C(C)(C)O. The van der Waals surface area contributed by atoms with E-state index in [1.807, 2.05) is 12.1 Å². The Morgan fingerprint density at radius 1 is 1.38 bits per heavy atom. The predicted octanol–water partition coefficient (Wildman–Crippen LogP) is 1.76. The Kier molecular flexibility index (Phi) is 5.51. The van der Waals surface area contributed by atoms with E-state index < -0.39 is 11.5 Å². The maximum atomic E-state index is 12.1. The molecule has 1 aromatic heterocycles. The molecule has 0 saturated heterocycles. The lowest BCUT2D eigenvalue weighted by Crippen LogP contribution is -2.49. The van der Waals surface area contributed by atoms with Gasteiger partial charge in [-0.25, -0.2) is 0 Å². The Bertz CT molecular complexity index is 749. The van der Waals surface area contributed by atoms with Gasteiger partial charge in [-0.15, -0.1) is 0 Å². The number of halogens is 1. The summed E-state index contributed by atoms with van der Waals surface area (Å²) in [6, 6.07) is 5.24. The van der Waals surface area contributed by atoms with E-state index >= 15 is 0 Å². The van der Waals surface area contributed by atoms with E-state index in [0.717, 1.165) is 16.5 Å². The molecule has 0 aliphatic carbocycles. The zero-order chi connectivity index (χ0) is 17.9. The van der Waals surface area contributed by atoms with Gasteiger partial charge in [0.1, 0.15) is 5.60 Å². The average Bonchev–Trinajstić information content (AvgIpc) is 2.88. The highest BCUT2D eigenvalue weighted by Crippen LogP contribution is 2.26. The molecular formula is C17H22ClN3O3. The monoisotopic (exact) mass is 351 g/mol. The van der Waals surface area contributed by atoms with Crippen molar-refractivity contribution >= 4 is 34.3 Å². The molecule has 0 aliphatic heterocycles. The highest BCUT2D eigenvalue weighted by molar-refractivity contribution is 6.35. The van der Waals surface area contributed by atoms with Crippen molar-refractivity contribution in [1.29, 1.82) is 0 Å². The number of H-pyrrole nitrogens is 1. The van der Waals surface area contributed by atoms with Crippen LogP contribution in [0.5, 0.6) is 0 Å². The van der Waals surface area contributed by atoms with Gasteiger partial charge in [0.2, 0.25) is 5.91 Å². The van der Waals surface area contributed by atoms with Crippen molar-refractivity contribution in [3.63, 3.8) is 0 Å². The van der Waals surface area contributed by atoms with Gasteiger partial charge >= 0.3 is 0 Å². The molecule has 1 heterocycles. The van der Waals surface area contributed by atoms with E-state index in [9.17, 15) is 14.7 Å². The number of rotatable bonds is 6.